The van der Waals surface area contributed by atoms with Crippen LogP contribution in [0.15, 0.2) is 48.5 Å². The first-order chi connectivity index (χ1) is 14.5. The van der Waals surface area contributed by atoms with Gasteiger partial charge in [-0.05, 0) is 56.5 Å². The van der Waals surface area contributed by atoms with Gasteiger partial charge in [0.2, 0.25) is 0 Å². The lowest BCUT2D eigenvalue weighted by Gasteiger charge is -2.36. The second-order valence-electron chi connectivity index (χ2n) is 7.25. The summed E-state index contributed by atoms with van der Waals surface area (Å²) in [5.41, 5.74) is 10.4. The summed E-state index contributed by atoms with van der Waals surface area (Å²) in [6.07, 6.45) is 2.44. The van der Waals surface area contributed by atoms with Crippen LogP contribution in [0.1, 0.15) is 41.6 Å². The second kappa shape index (κ2) is 8.71. The number of benzene rings is 2. The van der Waals surface area contributed by atoms with Gasteiger partial charge in [0.05, 0.1) is 0 Å². The minimum absolute atomic E-state index is 0.258. The molecule has 0 bridgehead atoms. The molecule has 9 heteroatoms. The van der Waals surface area contributed by atoms with E-state index < -0.39 is 21.9 Å². The van der Waals surface area contributed by atoms with E-state index in [9.17, 15) is 8.78 Å². The number of aryl methyl sites for hydroxylation is 1. The molecule has 1 aromatic heterocycles. The lowest BCUT2D eigenvalue weighted by Crippen LogP contribution is -2.46. The number of nitrogens with two attached hydrogens (primary N) is 1. The zero-order valence-corrected chi connectivity index (χ0v) is 17.4. The third-order valence-electron chi connectivity index (χ3n) is 5.14. The molecule has 6 nitrogen and oxygen atoms in total. The van der Waals surface area contributed by atoms with E-state index >= 15 is 0 Å². The van der Waals surface area contributed by atoms with Crippen molar-refractivity contribution >= 4 is 17.7 Å². The number of nitrogens with zero attached hydrogens (tertiary/aromatic N) is 3. The Morgan fingerprint density at radius 2 is 1.97 bits per heavy atom. The van der Waals surface area contributed by atoms with Crippen LogP contribution in [0.4, 0.5) is 14.7 Å². The number of rotatable bonds is 7. The van der Waals surface area contributed by atoms with Crippen molar-refractivity contribution in [3.05, 3.63) is 77.1 Å². The fourth-order valence-electron chi connectivity index (χ4n) is 3.71. The van der Waals surface area contributed by atoms with Crippen LogP contribution in [-0.2, 0) is 4.87 Å². The monoisotopic (exact) mass is 430 g/mol. The van der Waals surface area contributed by atoms with Crippen molar-refractivity contribution in [3.63, 3.8) is 0 Å². The lowest BCUT2D eigenvalue weighted by molar-refractivity contribution is 0.460. The standard InChI is InChI=1S/C21H24F2N6S/c1-14-25-20(27-26-14)29-21(11-5-6-12-24,15-7-3-2-4-8-15)30-19(28-29)17-13-16(22)9-10-18(17)23/h2-4,7-10,13,19,28H,5-6,11-12,24H2,1H3,(H,25,26,27). The first kappa shape index (κ1) is 20.8. The predicted molar refractivity (Wildman–Crippen MR) is 114 cm³/mol. The van der Waals surface area contributed by atoms with Crippen molar-refractivity contribution in [1.82, 2.24) is 20.6 Å². The van der Waals surface area contributed by atoms with E-state index in [2.05, 4.69) is 20.6 Å². The van der Waals surface area contributed by atoms with Gasteiger partial charge in [-0.25, -0.2) is 14.2 Å². The summed E-state index contributed by atoms with van der Waals surface area (Å²) in [4.78, 5) is 3.88. The zero-order valence-electron chi connectivity index (χ0n) is 16.6. The third-order valence-corrected chi connectivity index (χ3v) is 6.75. The SMILES string of the molecule is Cc1nc(N2NC(c3cc(F)ccc3F)SC2(CCCCN)c2ccccc2)n[nH]1. The highest BCUT2D eigenvalue weighted by Crippen LogP contribution is 2.55. The van der Waals surface area contributed by atoms with Gasteiger partial charge in [-0.1, -0.05) is 30.3 Å². The second-order valence-corrected chi connectivity index (χ2v) is 8.63. The fraction of sp³-hybridized carbons (Fsp3) is 0.333. The number of aromatic amines is 1. The first-order valence-electron chi connectivity index (χ1n) is 9.87. The number of anilines is 1. The normalized spacial score (nSPS) is 21.3. The summed E-state index contributed by atoms with van der Waals surface area (Å²) in [7, 11) is 0. The van der Waals surface area contributed by atoms with Crippen LogP contribution in [0.2, 0.25) is 0 Å². The van der Waals surface area contributed by atoms with Gasteiger partial charge >= 0.3 is 0 Å². The molecule has 2 atom stereocenters. The van der Waals surface area contributed by atoms with Crippen molar-refractivity contribution in [3.8, 4) is 0 Å². The minimum Gasteiger partial charge on any atom is -0.330 e. The Bertz CT molecular complexity index is 998. The molecular formula is C21H24F2N6S. The van der Waals surface area contributed by atoms with E-state index in [-0.39, 0.29) is 5.56 Å². The molecule has 1 fully saturated rings. The smallest absolute Gasteiger partial charge is 0.260 e. The Morgan fingerprint density at radius 1 is 1.17 bits per heavy atom. The third kappa shape index (κ3) is 3.92. The van der Waals surface area contributed by atoms with Gasteiger partial charge in [-0.15, -0.1) is 16.9 Å². The van der Waals surface area contributed by atoms with Gasteiger partial charge in [0.1, 0.15) is 27.7 Å². The predicted octanol–water partition coefficient (Wildman–Crippen LogP) is 4.13. The highest BCUT2D eigenvalue weighted by Gasteiger charge is 2.50. The Kier molecular flexibility index (Phi) is 6.03. The minimum atomic E-state index is -0.617. The summed E-state index contributed by atoms with van der Waals surface area (Å²) >= 11 is 1.52. The summed E-state index contributed by atoms with van der Waals surface area (Å²) in [5, 5.41) is 8.57. The molecule has 0 spiro atoms. The molecule has 1 saturated heterocycles. The van der Waals surface area contributed by atoms with E-state index in [4.69, 9.17) is 5.73 Å². The van der Waals surface area contributed by atoms with Gasteiger partial charge in [0.15, 0.2) is 0 Å². The summed E-state index contributed by atoms with van der Waals surface area (Å²) in [6.45, 7) is 2.41. The van der Waals surface area contributed by atoms with Gasteiger partial charge in [0, 0.05) is 5.56 Å². The highest BCUT2D eigenvalue weighted by molar-refractivity contribution is 8.00. The molecule has 1 aliphatic heterocycles. The van der Waals surface area contributed by atoms with Crippen LogP contribution in [0.3, 0.4) is 0 Å². The van der Waals surface area contributed by atoms with Gasteiger partial charge in [0.25, 0.3) is 5.95 Å². The molecule has 1 aliphatic rings. The molecule has 2 heterocycles. The van der Waals surface area contributed by atoms with Gasteiger partial charge in [-0.3, -0.25) is 10.1 Å². The molecule has 158 valence electrons. The number of halogens is 2. The number of hydrogen-bond acceptors (Lipinski definition) is 6. The number of nitrogens with one attached hydrogen (secondary N) is 2. The van der Waals surface area contributed by atoms with Crippen LogP contribution in [0, 0.1) is 18.6 Å². The van der Waals surface area contributed by atoms with Gasteiger partial charge < -0.3 is 5.73 Å². The Morgan fingerprint density at radius 3 is 2.67 bits per heavy atom. The summed E-state index contributed by atoms with van der Waals surface area (Å²) in [6, 6.07) is 13.5. The molecule has 4 N–H and O–H groups in total. The van der Waals surface area contributed by atoms with Crippen LogP contribution in [0.5, 0.6) is 0 Å². The molecule has 30 heavy (non-hydrogen) atoms. The number of H-pyrrole nitrogens is 1. The molecule has 0 amide bonds. The van der Waals surface area contributed by atoms with Crippen molar-refractivity contribution in [2.75, 3.05) is 11.6 Å². The van der Waals surface area contributed by atoms with E-state index in [0.29, 0.717) is 18.3 Å². The van der Waals surface area contributed by atoms with Crippen LogP contribution in [0.25, 0.3) is 0 Å². The molecule has 4 rings (SSSR count). The van der Waals surface area contributed by atoms with Crippen LogP contribution < -0.4 is 16.2 Å². The quantitative estimate of drug-likeness (QED) is 0.489. The van der Waals surface area contributed by atoms with Crippen molar-refractivity contribution in [2.24, 2.45) is 5.73 Å². The Balaban J connectivity index is 1.81. The van der Waals surface area contributed by atoms with Gasteiger partial charge in [-0.2, -0.15) is 4.98 Å². The maximum atomic E-state index is 14.6. The average molecular weight is 431 g/mol. The maximum absolute atomic E-state index is 14.6. The molecule has 0 saturated carbocycles. The van der Waals surface area contributed by atoms with Crippen LogP contribution in [-0.4, -0.2) is 21.7 Å². The van der Waals surface area contributed by atoms with E-state index in [1.54, 1.807) is 0 Å². The van der Waals surface area contributed by atoms with Crippen LogP contribution >= 0.6 is 11.8 Å². The molecule has 2 aromatic carbocycles. The number of hydrazine groups is 1. The highest BCUT2D eigenvalue weighted by atomic mass is 32.2. The van der Waals surface area contributed by atoms with E-state index in [0.717, 1.165) is 37.0 Å². The van der Waals surface area contributed by atoms with E-state index in [1.807, 2.05) is 42.3 Å². The first-order valence-corrected chi connectivity index (χ1v) is 10.8. The van der Waals surface area contributed by atoms with Crippen molar-refractivity contribution < 1.29 is 8.78 Å². The number of aromatic nitrogens is 3. The summed E-state index contributed by atoms with van der Waals surface area (Å²) < 4.78 is 28.6. The largest absolute Gasteiger partial charge is 0.330 e. The summed E-state index contributed by atoms with van der Waals surface area (Å²) in [5.74, 6) is 0.185. The number of thioether (sulfide) groups is 1. The van der Waals surface area contributed by atoms with Crippen molar-refractivity contribution in [2.45, 2.75) is 36.4 Å². The zero-order chi connectivity index (χ0) is 21.1. The van der Waals surface area contributed by atoms with E-state index in [1.165, 1.54) is 17.8 Å². The molecule has 0 aliphatic carbocycles. The topological polar surface area (TPSA) is 82.9 Å². The Hall–Kier alpha value is -2.49. The molecule has 0 radical (unpaired) electrons. The molecule has 3 aromatic rings. The fourth-order valence-corrected chi connectivity index (χ4v) is 5.34. The lowest BCUT2D eigenvalue weighted by atomic mass is 9.99. The average Bonchev–Trinajstić information content (AvgIpc) is 3.35. The van der Waals surface area contributed by atoms with Crippen molar-refractivity contribution in [1.29, 1.82) is 0 Å². The number of unbranched alkanes of at least 4 members (excludes halogenated alkanes) is 1. The molecule has 2 unspecified atom stereocenters. The maximum Gasteiger partial charge on any atom is 0.260 e. The Labute approximate surface area is 178 Å². The number of hydrogen-bond donors (Lipinski definition) is 3. The molecular weight excluding hydrogens is 406 g/mol.